The minimum atomic E-state index is -0.810. The average Bonchev–Trinajstić information content (AvgIpc) is 2.44. The van der Waals surface area contributed by atoms with Gasteiger partial charge in [-0.25, -0.2) is 4.39 Å². The minimum absolute atomic E-state index is 0.207. The van der Waals surface area contributed by atoms with Gasteiger partial charge in [-0.1, -0.05) is 39.7 Å². The first kappa shape index (κ1) is 16.4. The second kappa shape index (κ2) is 6.88. The van der Waals surface area contributed by atoms with Crippen LogP contribution in [0, 0.1) is 12.7 Å². The third-order valence-corrected chi connectivity index (χ3v) is 4.38. The number of aliphatic hydroxyl groups excluding tert-OH is 1. The molecule has 0 spiro atoms. The molecule has 0 fully saturated rings. The third kappa shape index (κ3) is 3.64. The van der Waals surface area contributed by atoms with Crippen LogP contribution in [0.2, 0.25) is 5.02 Å². The Labute approximate surface area is 136 Å². The summed E-state index contributed by atoms with van der Waals surface area (Å²) < 4.78 is 14.0. The number of hydrogen-bond acceptors (Lipinski definition) is 2. The number of rotatable bonds is 4. The lowest BCUT2D eigenvalue weighted by Crippen LogP contribution is -2.21. The van der Waals surface area contributed by atoms with Crippen molar-refractivity contribution in [3.05, 3.63) is 68.4 Å². The van der Waals surface area contributed by atoms with Crippen molar-refractivity contribution in [2.24, 2.45) is 5.73 Å². The van der Waals surface area contributed by atoms with Crippen LogP contribution in [-0.4, -0.2) is 11.7 Å². The van der Waals surface area contributed by atoms with Crippen molar-refractivity contribution < 1.29 is 9.50 Å². The highest BCUT2D eigenvalue weighted by atomic mass is 79.9. The minimum Gasteiger partial charge on any atom is -0.388 e. The predicted molar refractivity (Wildman–Crippen MR) is 87.0 cm³/mol. The summed E-state index contributed by atoms with van der Waals surface area (Å²) in [6.07, 6.45) is -0.810. The summed E-state index contributed by atoms with van der Waals surface area (Å²) in [5.41, 5.74) is 8.20. The van der Waals surface area contributed by atoms with E-state index in [0.717, 1.165) is 15.6 Å². The van der Waals surface area contributed by atoms with E-state index in [1.165, 1.54) is 12.1 Å². The topological polar surface area (TPSA) is 46.2 Å². The lowest BCUT2D eigenvalue weighted by Gasteiger charge is -2.24. The molecule has 3 N–H and O–H groups in total. The van der Waals surface area contributed by atoms with Crippen LogP contribution in [0.3, 0.4) is 0 Å². The van der Waals surface area contributed by atoms with E-state index in [1.807, 2.05) is 25.1 Å². The summed E-state index contributed by atoms with van der Waals surface area (Å²) >= 11 is 9.49. The number of aliphatic hydroxyl groups is 1. The molecule has 0 aliphatic carbocycles. The molecule has 0 aromatic heterocycles. The maximum absolute atomic E-state index is 13.2. The van der Waals surface area contributed by atoms with Gasteiger partial charge in [0.1, 0.15) is 5.82 Å². The maximum atomic E-state index is 13.2. The van der Waals surface area contributed by atoms with E-state index in [4.69, 9.17) is 17.3 Å². The highest BCUT2D eigenvalue weighted by molar-refractivity contribution is 9.10. The molecule has 2 nitrogen and oxygen atoms in total. The van der Waals surface area contributed by atoms with E-state index < -0.39 is 17.8 Å². The van der Waals surface area contributed by atoms with Crippen LogP contribution < -0.4 is 5.73 Å². The highest BCUT2D eigenvalue weighted by Gasteiger charge is 2.25. The summed E-state index contributed by atoms with van der Waals surface area (Å²) in [5, 5.41) is 11.0. The molecule has 2 rings (SSSR count). The van der Waals surface area contributed by atoms with E-state index in [0.29, 0.717) is 5.56 Å². The molecule has 0 heterocycles. The number of hydrogen-bond donors (Lipinski definition) is 2. The Bertz CT molecular complexity index is 650. The molecule has 0 amide bonds. The Balaban J connectivity index is 2.43. The zero-order valence-electron chi connectivity index (χ0n) is 11.5. The number of halogens is 3. The zero-order chi connectivity index (χ0) is 15.6. The SMILES string of the molecule is Cc1ccc(Br)cc1C(O)C(CN)c1ccc(F)cc1Cl. The number of benzene rings is 2. The third-order valence-electron chi connectivity index (χ3n) is 3.56. The molecule has 0 aliphatic heterocycles. The van der Waals surface area contributed by atoms with Crippen molar-refractivity contribution in [3.8, 4) is 0 Å². The van der Waals surface area contributed by atoms with E-state index in [2.05, 4.69) is 15.9 Å². The smallest absolute Gasteiger partial charge is 0.124 e. The molecule has 0 bridgehead atoms. The van der Waals surface area contributed by atoms with Gasteiger partial charge >= 0.3 is 0 Å². The van der Waals surface area contributed by atoms with Crippen LogP contribution >= 0.6 is 27.5 Å². The highest BCUT2D eigenvalue weighted by Crippen LogP contribution is 2.36. The van der Waals surface area contributed by atoms with Crippen LogP contribution in [0.15, 0.2) is 40.9 Å². The number of aryl methyl sites for hydroxylation is 1. The molecule has 0 saturated carbocycles. The summed E-state index contributed by atoms with van der Waals surface area (Å²) in [6, 6.07) is 9.83. The number of nitrogens with two attached hydrogens (primary N) is 1. The van der Waals surface area contributed by atoms with Crippen LogP contribution in [0.5, 0.6) is 0 Å². The molecule has 112 valence electrons. The fraction of sp³-hybridized carbons (Fsp3) is 0.250. The molecule has 2 aromatic carbocycles. The van der Waals surface area contributed by atoms with Crippen molar-refractivity contribution in [3.63, 3.8) is 0 Å². The zero-order valence-corrected chi connectivity index (χ0v) is 13.8. The Morgan fingerprint density at radius 3 is 2.57 bits per heavy atom. The second-order valence-corrected chi connectivity index (χ2v) is 6.28. The van der Waals surface area contributed by atoms with E-state index in [1.54, 1.807) is 6.07 Å². The monoisotopic (exact) mass is 371 g/mol. The summed E-state index contributed by atoms with van der Waals surface area (Å²) in [7, 11) is 0. The van der Waals surface area contributed by atoms with Gasteiger partial charge in [0.25, 0.3) is 0 Å². The first-order chi connectivity index (χ1) is 9.93. The van der Waals surface area contributed by atoms with Crippen LogP contribution in [0.4, 0.5) is 4.39 Å². The molecule has 0 saturated heterocycles. The van der Waals surface area contributed by atoms with Gasteiger partial charge in [-0.3, -0.25) is 0 Å². The molecule has 21 heavy (non-hydrogen) atoms. The Morgan fingerprint density at radius 2 is 1.95 bits per heavy atom. The van der Waals surface area contributed by atoms with Gasteiger partial charge in [-0.2, -0.15) is 0 Å². The van der Waals surface area contributed by atoms with Crippen molar-refractivity contribution in [2.45, 2.75) is 18.9 Å². The van der Waals surface area contributed by atoms with Gasteiger partial charge in [-0.15, -0.1) is 0 Å². The normalized spacial score (nSPS) is 14.0. The fourth-order valence-corrected chi connectivity index (χ4v) is 3.06. The molecule has 2 unspecified atom stereocenters. The summed E-state index contributed by atoms with van der Waals surface area (Å²) in [5.74, 6) is -0.807. The summed E-state index contributed by atoms with van der Waals surface area (Å²) in [4.78, 5) is 0. The first-order valence-electron chi connectivity index (χ1n) is 6.53. The molecular weight excluding hydrogens is 357 g/mol. The van der Waals surface area contributed by atoms with Gasteiger partial charge < -0.3 is 10.8 Å². The molecule has 5 heteroatoms. The second-order valence-electron chi connectivity index (χ2n) is 4.95. The largest absolute Gasteiger partial charge is 0.388 e. The van der Waals surface area contributed by atoms with Crippen LogP contribution in [-0.2, 0) is 0 Å². The van der Waals surface area contributed by atoms with Gasteiger partial charge in [0.05, 0.1) is 6.10 Å². The maximum Gasteiger partial charge on any atom is 0.124 e. The van der Waals surface area contributed by atoms with Crippen molar-refractivity contribution in [1.82, 2.24) is 0 Å². The average molecular weight is 373 g/mol. The Kier molecular flexibility index (Phi) is 5.38. The Morgan fingerprint density at radius 1 is 1.24 bits per heavy atom. The molecular formula is C16H16BrClFNO. The molecule has 0 aliphatic rings. The van der Waals surface area contributed by atoms with Crippen molar-refractivity contribution in [2.75, 3.05) is 6.54 Å². The van der Waals surface area contributed by atoms with Gasteiger partial charge in [0, 0.05) is 22.0 Å². The van der Waals surface area contributed by atoms with Gasteiger partial charge in [0.2, 0.25) is 0 Å². The summed E-state index contributed by atoms with van der Waals surface area (Å²) in [6.45, 7) is 2.13. The molecule has 2 atom stereocenters. The fourth-order valence-electron chi connectivity index (χ4n) is 2.37. The van der Waals surface area contributed by atoms with E-state index in [9.17, 15) is 9.50 Å². The lowest BCUT2D eigenvalue weighted by atomic mass is 9.87. The first-order valence-corrected chi connectivity index (χ1v) is 7.70. The standard InChI is InChI=1S/C16H16BrClFNO/c1-9-2-3-10(17)6-13(9)16(21)14(8-20)12-5-4-11(19)7-15(12)18/h2-7,14,16,21H,8,20H2,1H3. The van der Waals surface area contributed by atoms with Gasteiger partial charge in [0.15, 0.2) is 0 Å². The van der Waals surface area contributed by atoms with Gasteiger partial charge in [-0.05, 0) is 47.9 Å². The van der Waals surface area contributed by atoms with E-state index >= 15 is 0 Å². The van der Waals surface area contributed by atoms with Crippen LogP contribution in [0.25, 0.3) is 0 Å². The molecule has 0 radical (unpaired) electrons. The lowest BCUT2D eigenvalue weighted by molar-refractivity contribution is 0.146. The predicted octanol–water partition coefficient (Wildman–Crippen LogP) is 4.33. The Hall–Kier alpha value is -0.940. The molecule has 2 aromatic rings. The van der Waals surface area contributed by atoms with Crippen molar-refractivity contribution >= 4 is 27.5 Å². The van der Waals surface area contributed by atoms with Crippen LogP contribution in [0.1, 0.15) is 28.7 Å². The van der Waals surface area contributed by atoms with E-state index in [-0.39, 0.29) is 11.6 Å². The quantitative estimate of drug-likeness (QED) is 0.839. The van der Waals surface area contributed by atoms with Crippen molar-refractivity contribution in [1.29, 1.82) is 0 Å².